The minimum atomic E-state index is -0.134. The molecule has 3 heterocycles. The number of benzene rings is 1. The van der Waals surface area contributed by atoms with Crippen LogP contribution in [0.5, 0.6) is 0 Å². The summed E-state index contributed by atoms with van der Waals surface area (Å²) in [6.07, 6.45) is 0. The third-order valence-electron chi connectivity index (χ3n) is 4.80. The molecule has 1 aliphatic heterocycles. The highest BCUT2D eigenvalue weighted by Crippen LogP contribution is 2.30. The van der Waals surface area contributed by atoms with Gasteiger partial charge < -0.3 is 19.5 Å². The fourth-order valence-corrected chi connectivity index (χ4v) is 4.39. The highest BCUT2D eigenvalue weighted by molar-refractivity contribution is 7.21. The van der Waals surface area contributed by atoms with E-state index in [4.69, 9.17) is 4.74 Å². The Morgan fingerprint density at radius 3 is 2.79 bits per heavy atom. The smallest absolute Gasteiger partial charge is 0.277 e. The van der Waals surface area contributed by atoms with Gasteiger partial charge in [-0.05, 0) is 11.6 Å². The zero-order valence-electron chi connectivity index (χ0n) is 15.7. The SMILES string of the molecule is C[NH+](CC(=O)N1CCOCC1)Cc1nc2sc(-c3ccccc3)cc2c(=O)[nH]1. The molecule has 3 aromatic rings. The predicted molar refractivity (Wildman–Crippen MR) is 109 cm³/mol. The van der Waals surface area contributed by atoms with Crippen molar-refractivity contribution in [3.8, 4) is 10.4 Å². The Bertz CT molecular complexity index is 1020. The van der Waals surface area contributed by atoms with Crippen molar-refractivity contribution in [1.29, 1.82) is 0 Å². The maximum absolute atomic E-state index is 12.5. The fraction of sp³-hybridized carbons (Fsp3) is 0.350. The van der Waals surface area contributed by atoms with E-state index >= 15 is 0 Å². The lowest BCUT2D eigenvalue weighted by Gasteiger charge is -2.27. The van der Waals surface area contributed by atoms with Crippen LogP contribution in [-0.2, 0) is 16.1 Å². The van der Waals surface area contributed by atoms with E-state index in [9.17, 15) is 9.59 Å². The molecule has 1 saturated heterocycles. The first-order valence-corrected chi connectivity index (χ1v) is 10.2. The molecule has 28 heavy (non-hydrogen) atoms. The van der Waals surface area contributed by atoms with E-state index in [1.165, 1.54) is 11.3 Å². The number of hydrogen-bond acceptors (Lipinski definition) is 5. The van der Waals surface area contributed by atoms with Gasteiger partial charge in [-0.3, -0.25) is 9.59 Å². The molecule has 1 aliphatic rings. The molecule has 0 aliphatic carbocycles. The van der Waals surface area contributed by atoms with Gasteiger partial charge >= 0.3 is 0 Å². The molecule has 8 heteroatoms. The third-order valence-corrected chi connectivity index (χ3v) is 5.87. The topological polar surface area (TPSA) is 79.7 Å². The number of fused-ring (bicyclic) bond motifs is 1. The van der Waals surface area contributed by atoms with Crippen LogP contribution in [0.2, 0.25) is 0 Å². The second-order valence-electron chi connectivity index (χ2n) is 7.01. The molecule has 1 atom stereocenters. The molecule has 1 aromatic carbocycles. The number of amides is 1. The Morgan fingerprint density at radius 1 is 1.29 bits per heavy atom. The zero-order valence-corrected chi connectivity index (χ0v) is 16.6. The minimum Gasteiger partial charge on any atom is -0.378 e. The lowest BCUT2D eigenvalue weighted by atomic mass is 10.2. The lowest BCUT2D eigenvalue weighted by Crippen LogP contribution is -3.09. The number of aromatic nitrogens is 2. The van der Waals surface area contributed by atoms with Crippen LogP contribution in [0.15, 0.2) is 41.2 Å². The fourth-order valence-electron chi connectivity index (χ4n) is 3.34. The zero-order chi connectivity index (χ0) is 19.5. The first kappa shape index (κ1) is 18.8. The van der Waals surface area contributed by atoms with Crippen molar-refractivity contribution in [2.24, 2.45) is 0 Å². The maximum Gasteiger partial charge on any atom is 0.277 e. The highest BCUT2D eigenvalue weighted by Gasteiger charge is 2.21. The Morgan fingerprint density at radius 2 is 2.04 bits per heavy atom. The first-order chi connectivity index (χ1) is 13.6. The summed E-state index contributed by atoms with van der Waals surface area (Å²) < 4.78 is 5.29. The van der Waals surface area contributed by atoms with Crippen molar-refractivity contribution < 1.29 is 14.4 Å². The minimum absolute atomic E-state index is 0.103. The molecule has 2 N–H and O–H groups in total. The average molecular weight is 399 g/mol. The number of quaternary nitrogens is 1. The lowest BCUT2D eigenvalue weighted by molar-refractivity contribution is -0.886. The van der Waals surface area contributed by atoms with Crippen LogP contribution in [0.3, 0.4) is 0 Å². The predicted octanol–water partition coefficient (Wildman–Crippen LogP) is 0.525. The Hall–Kier alpha value is -2.55. The van der Waals surface area contributed by atoms with E-state index in [0.717, 1.165) is 20.2 Å². The molecule has 1 amide bonds. The number of nitrogens with zero attached hydrogens (tertiary/aromatic N) is 2. The van der Waals surface area contributed by atoms with Crippen LogP contribution < -0.4 is 10.5 Å². The summed E-state index contributed by atoms with van der Waals surface area (Å²) in [4.78, 5) is 37.0. The number of aromatic amines is 1. The van der Waals surface area contributed by atoms with E-state index in [1.54, 1.807) is 0 Å². The van der Waals surface area contributed by atoms with E-state index in [2.05, 4.69) is 9.97 Å². The van der Waals surface area contributed by atoms with Gasteiger partial charge in [0.2, 0.25) is 0 Å². The van der Waals surface area contributed by atoms with Gasteiger partial charge in [0, 0.05) is 18.0 Å². The second-order valence-corrected chi connectivity index (χ2v) is 8.04. The van der Waals surface area contributed by atoms with E-state index < -0.39 is 0 Å². The molecular formula is C20H23N4O3S+. The number of carbonyl (C=O) groups is 1. The number of H-pyrrole nitrogens is 1. The second kappa shape index (κ2) is 8.22. The quantitative estimate of drug-likeness (QED) is 0.656. The summed E-state index contributed by atoms with van der Waals surface area (Å²) in [5.41, 5.74) is 0.941. The van der Waals surface area contributed by atoms with Crippen molar-refractivity contribution in [3.63, 3.8) is 0 Å². The monoisotopic (exact) mass is 399 g/mol. The summed E-state index contributed by atoms with van der Waals surface area (Å²) in [6, 6.07) is 11.9. The van der Waals surface area contributed by atoms with Gasteiger partial charge in [-0.15, -0.1) is 11.3 Å². The summed E-state index contributed by atoms with van der Waals surface area (Å²) >= 11 is 1.51. The van der Waals surface area contributed by atoms with Gasteiger partial charge in [-0.25, -0.2) is 4.98 Å². The molecule has 0 spiro atoms. The molecule has 146 valence electrons. The standard InChI is InChI=1S/C20H22N4O3S/c1-23(13-18(25)24-7-9-27-10-8-24)12-17-21-19(26)15-11-16(28-20(15)22-17)14-5-3-2-4-6-14/h2-6,11H,7-10,12-13H2,1H3,(H,21,22,26)/p+1. The Labute approximate surface area is 166 Å². The van der Waals surface area contributed by atoms with Gasteiger partial charge in [-0.1, -0.05) is 30.3 Å². The number of thiophene rings is 1. The number of ether oxygens (including phenoxy) is 1. The van der Waals surface area contributed by atoms with Gasteiger partial charge in [0.15, 0.2) is 12.4 Å². The molecule has 0 saturated carbocycles. The van der Waals surface area contributed by atoms with Crippen LogP contribution in [0, 0.1) is 0 Å². The van der Waals surface area contributed by atoms with Crippen molar-refractivity contribution in [1.82, 2.24) is 14.9 Å². The van der Waals surface area contributed by atoms with Crippen LogP contribution >= 0.6 is 11.3 Å². The molecule has 1 unspecified atom stereocenters. The molecule has 0 radical (unpaired) electrons. The normalized spacial score (nSPS) is 15.7. The maximum atomic E-state index is 12.5. The Balaban J connectivity index is 1.49. The number of likely N-dealkylation sites (N-methyl/N-ethyl adjacent to an activating group) is 1. The summed E-state index contributed by atoms with van der Waals surface area (Å²) in [7, 11) is 1.94. The summed E-state index contributed by atoms with van der Waals surface area (Å²) in [5.74, 6) is 0.706. The van der Waals surface area contributed by atoms with Crippen LogP contribution in [0.25, 0.3) is 20.7 Å². The van der Waals surface area contributed by atoms with Crippen molar-refractivity contribution in [2.75, 3.05) is 39.9 Å². The highest BCUT2D eigenvalue weighted by atomic mass is 32.1. The van der Waals surface area contributed by atoms with Gasteiger partial charge in [-0.2, -0.15) is 0 Å². The molecular weight excluding hydrogens is 376 g/mol. The van der Waals surface area contributed by atoms with Gasteiger partial charge in [0.1, 0.15) is 11.4 Å². The summed E-state index contributed by atoms with van der Waals surface area (Å²) in [5, 5.41) is 0.606. The molecule has 7 nitrogen and oxygen atoms in total. The van der Waals surface area contributed by atoms with Gasteiger partial charge in [0.25, 0.3) is 11.5 Å². The molecule has 0 bridgehead atoms. The number of hydrogen-bond donors (Lipinski definition) is 2. The van der Waals surface area contributed by atoms with E-state index in [1.807, 2.05) is 48.3 Å². The van der Waals surface area contributed by atoms with Crippen LogP contribution in [0.1, 0.15) is 5.82 Å². The Kier molecular flexibility index (Phi) is 5.52. The van der Waals surface area contributed by atoms with Gasteiger partial charge in [0.05, 0.1) is 25.6 Å². The molecule has 4 rings (SSSR count). The number of nitrogens with one attached hydrogen (secondary N) is 2. The largest absolute Gasteiger partial charge is 0.378 e. The third kappa shape index (κ3) is 4.14. The first-order valence-electron chi connectivity index (χ1n) is 9.35. The summed E-state index contributed by atoms with van der Waals surface area (Å²) in [6.45, 7) is 3.33. The van der Waals surface area contributed by atoms with Crippen molar-refractivity contribution in [2.45, 2.75) is 6.54 Å². The average Bonchev–Trinajstić information content (AvgIpc) is 3.14. The number of carbonyl (C=O) groups excluding carboxylic acids is 1. The van der Waals surface area contributed by atoms with Crippen LogP contribution in [-0.4, -0.2) is 60.7 Å². The molecule has 1 fully saturated rings. The molecule has 2 aromatic heterocycles. The van der Waals surface area contributed by atoms with Crippen molar-refractivity contribution >= 4 is 27.5 Å². The van der Waals surface area contributed by atoms with E-state index in [0.29, 0.717) is 50.6 Å². The van der Waals surface area contributed by atoms with Crippen molar-refractivity contribution in [3.05, 3.63) is 52.6 Å². The number of rotatable bonds is 5. The number of morpholine rings is 1. The van der Waals surface area contributed by atoms with Crippen LogP contribution in [0.4, 0.5) is 0 Å². The van der Waals surface area contributed by atoms with E-state index in [-0.39, 0.29) is 11.5 Å².